The predicted octanol–water partition coefficient (Wildman–Crippen LogP) is 4.23. The number of nitrogens with zero attached hydrogens (tertiary/aromatic N) is 1. The van der Waals surface area contributed by atoms with Crippen molar-refractivity contribution in [2.24, 2.45) is 0 Å². The summed E-state index contributed by atoms with van der Waals surface area (Å²) in [7, 11) is 0. The molecule has 0 atom stereocenters. The van der Waals surface area contributed by atoms with Gasteiger partial charge in [0.1, 0.15) is 0 Å². The molecule has 2 N–H and O–H groups in total. The van der Waals surface area contributed by atoms with Gasteiger partial charge in [0.2, 0.25) is 0 Å². The Kier molecular flexibility index (Phi) is 6.44. The van der Waals surface area contributed by atoms with Gasteiger partial charge in [0.05, 0.1) is 0 Å². The van der Waals surface area contributed by atoms with E-state index in [9.17, 15) is 4.79 Å². The second kappa shape index (κ2) is 8.57. The van der Waals surface area contributed by atoms with Crippen LogP contribution < -0.4 is 5.56 Å². The summed E-state index contributed by atoms with van der Waals surface area (Å²) in [4.78, 5) is 11.9. The zero-order chi connectivity index (χ0) is 15.8. The van der Waals surface area contributed by atoms with E-state index in [-0.39, 0.29) is 5.56 Å². The van der Waals surface area contributed by atoms with Crippen LogP contribution in [-0.4, -0.2) is 15.4 Å². The summed E-state index contributed by atoms with van der Waals surface area (Å²) < 4.78 is 0. The van der Waals surface area contributed by atoms with Crippen LogP contribution in [0, 0.1) is 0 Å². The zero-order valence-corrected chi connectivity index (χ0v) is 13.7. The highest BCUT2D eigenvalue weighted by Crippen LogP contribution is 2.26. The Bertz CT molecular complexity index is 627. The van der Waals surface area contributed by atoms with Crippen LogP contribution in [0.3, 0.4) is 0 Å². The summed E-state index contributed by atoms with van der Waals surface area (Å²) in [5.74, 6) is 0. The number of aryl methyl sites for hydroxylation is 1. The molecule has 2 rings (SSSR count). The largest absolute Gasteiger partial charge is 0.291 e. The minimum Gasteiger partial charge on any atom is -0.265 e. The fraction of sp³-hybridized carbons (Fsp3) is 0.556. The Hall–Kier alpha value is -1.84. The molecule has 0 unspecified atom stereocenters. The second-order valence-corrected chi connectivity index (χ2v) is 5.88. The van der Waals surface area contributed by atoms with Gasteiger partial charge < -0.3 is 0 Å². The second-order valence-electron chi connectivity index (χ2n) is 5.88. The molecule has 0 aliphatic heterocycles. The van der Waals surface area contributed by atoms with E-state index in [1.165, 1.54) is 43.2 Å². The van der Waals surface area contributed by atoms with Crippen molar-refractivity contribution in [1.82, 2.24) is 15.4 Å². The van der Waals surface area contributed by atoms with Crippen molar-refractivity contribution in [3.63, 3.8) is 0 Å². The Morgan fingerprint density at radius 1 is 1.00 bits per heavy atom. The number of unbranched alkanes of at least 4 members (excludes halogenated alkanes) is 4. The van der Waals surface area contributed by atoms with E-state index in [0.717, 1.165) is 24.8 Å². The molecule has 2 aromatic rings. The first kappa shape index (κ1) is 16.5. The van der Waals surface area contributed by atoms with Crippen molar-refractivity contribution in [3.8, 4) is 11.3 Å². The maximum absolute atomic E-state index is 11.9. The van der Waals surface area contributed by atoms with Gasteiger partial charge in [0, 0.05) is 5.56 Å². The highest BCUT2D eigenvalue weighted by molar-refractivity contribution is 5.64. The fourth-order valence-corrected chi connectivity index (χ4v) is 2.93. The predicted molar refractivity (Wildman–Crippen MR) is 91.1 cm³/mol. The highest BCUT2D eigenvalue weighted by Gasteiger charge is 2.14. The lowest BCUT2D eigenvalue weighted by atomic mass is 9.91. The third-order valence-electron chi connectivity index (χ3n) is 4.16. The monoisotopic (exact) mass is 301 g/mol. The summed E-state index contributed by atoms with van der Waals surface area (Å²) in [5.41, 5.74) is 4.06. The molecule has 4 heteroatoms. The number of hydrogen-bond acceptors (Lipinski definition) is 2. The van der Waals surface area contributed by atoms with E-state index in [4.69, 9.17) is 0 Å². The van der Waals surface area contributed by atoms with Gasteiger partial charge in [-0.3, -0.25) is 4.79 Å². The number of aromatic amines is 2. The molecule has 0 spiro atoms. The van der Waals surface area contributed by atoms with Gasteiger partial charge in [0.15, 0.2) is 5.69 Å². The number of hydrogen-bond donors (Lipinski definition) is 2. The van der Waals surface area contributed by atoms with Crippen molar-refractivity contribution in [3.05, 3.63) is 39.7 Å². The maximum atomic E-state index is 11.9. The van der Waals surface area contributed by atoms with Crippen LogP contribution in [0.1, 0.15) is 63.5 Å². The van der Waals surface area contributed by atoms with Gasteiger partial charge in [0.25, 0.3) is 5.56 Å². The molecule has 0 aliphatic carbocycles. The van der Waals surface area contributed by atoms with Crippen LogP contribution in [0.4, 0.5) is 0 Å². The Balaban J connectivity index is 2.32. The lowest BCUT2D eigenvalue weighted by molar-refractivity contribution is 0.694. The van der Waals surface area contributed by atoms with Crippen molar-refractivity contribution in [2.75, 3.05) is 0 Å². The highest BCUT2D eigenvalue weighted by atomic mass is 16.1. The van der Waals surface area contributed by atoms with E-state index >= 15 is 0 Å². The standard InChI is InChI=1S/C18H27N3O/c1-3-5-7-10-14-11-9-13-16(15(14)12-8-6-4-2)17-18(22)20-21-19-17/h9,11,13H,3-8,10,12H2,1-2H3,(H2,19,20,21,22). The first-order valence-electron chi connectivity index (χ1n) is 8.52. The van der Waals surface area contributed by atoms with Crippen molar-refractivity contribution in [2.45, 2.75) is 65.2 Å². The summed E-state index contributed by atoms with van der Waals surface area (Å²) >= 11 is 0. The number of benzene rings is 1. The average molecular weight is 301 g/mol. The van der Waals surface area contributed by atoms with E-state index in [1.807, 2.05) is 12.1 Å². The summed E-state index contributed by atoms with van der Waals surface area (Å²) in [6.07, 6.45) is 9.39. The first-order valence-corrected chi connectivity index (χ1v) is 8.52. The van der Waals surface area contributed by atoms with Crippen molar-refractivity contribution in [1.29, 1.82) is 0 Å². The normalized spacial score (nSPS) is 11.0. The Morgan fingerprint density at radius 3 is 2.36 bits per heavy atom. The summed E-state index contributed by atoms with van der Waals surface area (Å²) in [5, 5.41) is 9.24. The summed E-state index contributed by atoms with van der Waals surface area (Å²) in [6, 6.07) is 6.28. The van der Waals surface area contributed by atoms with Crippen LogP contribution in [0.15, 0.2) is 23.0 Å². The molecule has 1 aromatic carbocycles. The van der Waals surface area contributed by atoms with Crippen molar-refractivity contribution < 1.29 is 0 Å². The van der Waals surface area contributed by atoms with Gasteiger partial charge in [-0.2, -0.15) is 5.10 Å². The first-order chi connectivity index (χ1) is 10.8. The minimum atomic E-state index is -0.137. The molecule has 1 heterocycles. The van der Waals surface area contributed by atoms with Crippen LogP contribution >= 0.6 is 0 Å². The van der Waals surface area contributed by atoms with E-state index in [1.54, 1.807) is 0 Å². The molecule has 0 bridgehead atoms. The van der Waals surface area contributed by atoms with Gasteiger partial charge in [-0.15, -0.1) is 0 Å². The van der Waals surface area contributed by atoms with Crippen molar-refractivity contribution >= 4 is 0 Å². The lowest BCUT2D eigenvalue weighted by Crippen LogP contribution is -2.06. The van der Waals surface area contributed by atoms with Gasteiger partial charge in [-0.1, -0.05) is 57.7 Å². The molecule has 0 radical (unpaired) electrons. The Morgan fingerprint density at radius 2 is 1.73 bits per heavy atom. The van der Waals surface area contributed by atoms with E-state index < -0.39 is 0 Å². The minimum absolute atomic E-state index is 0.137. The molecule has 1 aromatic heterocycles. The van der Waals surface area contributed by atoms with Crippen LogP contribution in [0.2, 0.25) is 0 Å². The molecular weight excluding hydrogens is 274 g/mol. The SMILES string of the molecule is CCCCCc1cccc(-c2n[nH][nH]c2=O)c1CCCCC. The van der Waals surface area contributed by atoms with Crippen LogP contribution in [0.5, 0.6) is 0 Å². The van der Waals surface area contributed by atoms with E-state index in [0.29, 0.717) is 5.69 Å². The van der Waals surface area contributed by atoms with Gasteiger partial charge >= 0.3 is 0 Å². The molecule has 4 nitrogen and oxygen atoms in total. The van der Waals surface area contributed by atoms with E-state index in [2.05, 4.69) is 35.3 Å². The van der Waals surface area contributed by atoms with Gasteiger partial charge in [-0.05, 0) is 36.8 Å². The molecular formula is C18H27N3O. The fourth-order valence-electron chi connectivity index (χ4n) is 2.93. The quantitative estimate of drug-likeness (QED) is 0.681. The molecule has 120 valence electrons. The molecule has 0 aliphatic rings. The third kappa shape index (κ3) is 4.09. The van der Waals surface area contributed by atoms with Gasteiger partial charge in [-0.25, -0.2) is 10.3 Å². The number of H-pyrrole nitrogens is 2. The van der Waals surface area contributed by atoms with Crippen LogP contribution in [-0.2, 0) is 12.8 Å². The Labute approximate surface area is 132 Å². The third-order valence-corrected chi connectivity index (χ3v) is 4.16. The molecule has 0 saturated carbocycles. The number of nitrogens with one attached hydrogen (secondary N) is 2. The summed E-state index contributed by atoms with van der Waals surface area (Å²) in [6.45, 7) is 4.44. The molecule has 0 fully saturated rings. The molecule has 22 heavy (non-hydrogen) atoms. The smallest absolute Gasteiger partial charge is 0.265 e. The molecule has 0 saturated heterocycles. The lowest BCUT2D eigenvalue weighted by Gasteiger charge is -2.13. The maximum Gasteiger partial charge on any atom is 0.291 e. The molecule has 0 amide bonds. The zero-order valence-electron chi connectivity index (χ0n) is 13.7. The number of aromatic nitrogens is 3. The topological polar surface area (TPSA) is 61.5 Å². The average Bonchev–Trinajstić information content (AvgIpc) is 2.95. The number of rotatable bonds is 9. The van der Waals surface area contributed by atoms with Crippen LogP contribution in [0.25, 0.3) is 11.3 Å².